The van der Waals surface area contributed by atoms with Gasteiger partial charge in [-0.2, -0.15) is 5.10 Å². The Morgan fingerprint density at radius 2 is 2.00 bits per heavy atom. The quantitative estimate of drug-likeness (QED) is 0.808. The Balaban J connectivity index is 1.66. The molecule has 7 nitrogen and oxygen atoms in total. The molecular formula is C18H28N4O3. The fraction of sp³-hybridized carbons (Fsp3) is 0.722. The normalized spacial score (nSPS) is 20.7. The number of hydrogen-bond acceptors (Lipinski definition) is 4. The zero-order valence-corrected chi connectivity index (χ0v) is 15.2. The summed E-state index contributed by atoms with van der Waals surface area (Å²) in [5, 5.41) is 4.39. The molecule has 1 atom stereocenters. The molecule has 2 amide bonds. The van der Waals surface area contributed by atoms with Gasteiger partial charge in [-0.1, -0.05) is 13.8 Å². The Labute approximate surface area is 148 Å². The van der Waals surface area contributed by atoms with Crippen molar-refractivity contribution in [3.05, 3.63) is 18.0 Å². The van der Waals surface area contributed by atoms with E-state index in [4.69, 9.17) is 4.74 Å². The molecule has 1 aromatic heterocycles. The number of hydrogen-bond donors (Lipinski definition) is 0. The summed E-state index contributed by atoms with van der Waals surface area (Å²) in [6, 6.07) is 1.85. The van der Waals surface area contributed by atoms with E-state index < -0.39 is 0 Å². The number of amides is 2. The minimum absolute atomic E-state index is 0.0860. The third kappa shape index (κ3) is 4.39. The van der Waals surface area contributed by atoms with Crippen LogP contribution in [0.15, 0.2) is 12.3 Å². The topological polar surface area (TPSA) is 67.7 Å². The van der Waals surface area contributed by atoms with Gasteiger partial charge in [0.1, 0.15) is 0 Å². The van der Waals surface area contributed by atoms with Crippen molar-refractivity contribution in [3.63, 3.8) is 0 Å². The highest BCUT2D eigenvalue weighted by molar-refractivity contribution is 5.78. The number of rotatable bonds is 5. The highest BCUT2D eigenvalue weighted by Crippen LogP contribution is 2.25. The number of fused-ring (bicyclic) bond motifs is 1. The van der Waals surface area contributed by atoms with Crippen LogP contribution in [0.5, 0.6) is 0 Å². The zero-order chi connectivity index (χ0) is 17.8. The number of nitrogens with zero attached hydrogens (tertiary/aromatic N) is 4. The van der Waals surface area contributed by atoms with Crippen LogP contribution in [-0.4, -0.2) is 64.2 Å². The molecule has 2 aliphatic heterocycles. The van der Waals surface area contributed by atoms with E-state index in [-0.39, 0.29) is 17.9 Å². The van der Waals surface area contributed by atoms with Crippen LogP contribution >= 0.6 is 0 Å². The summed E-state index contributed by atoms with van der Waals surface area (Å²) in [6.45, 7) is 7.89. The fourth-order valence-corrected chi connectivity index (χ4v) is 3.44. The van der Waals surface area contributed by atoms with Gasteiger partial charge in [-0.25, -0.2) is 0 Å². The fourth-order valence-electron chi connectivity index (χ4n) is 3.44. The van der Waals surface area contributed by atoms with E-state index in [0.717, 1.165) is 12.1 Å². The van der Waals surface area contributed by atoms with Crippen molar-refractivity contribution < 1.29 is 14.3 Å². The highest BCUT2D eigenvalue weighted by Gasteiger charge is 2.31. The number of aromatic nitrogens is 2. The molecule has 25 heavy (non-hydrogen) atoms. The van der Waals surface area contributed by atoms with Crippen molar-refractivity contribution in [1.29, 1.82) is 0 Å². The van der Waals surface area contributed by atoms with Gasteiger partial charge >= 0.3 is 0 Å². The molecule has 0 spiro atoms. The SMILES string of the molecule is CC(C)CCC(=O)N1Cc2ccnn2[C@H](CC(=O)N2CCOCC2)C1. The molecule has 1 fully saturated rings. The van der Waals surface area contributed by atoms with Crippen molar-refractivity contribution in [3.8, 4) is 0 Å². The molecule has 0 N–H and O–H groups in total. The molecule has 138 valence electrons. The van der Waals surface area contributed by atoms with E-state index in [0.29, 0.717) is 58.2 Å². The average molecular weight is 348 g/mol. The molecule has 0 aliphatic carbocycles. The van der Waals surface area contributed by atoms with Crippen LogP contribution in [-0.2, 0) is 20.9 Å². The maximum absolute atomic E-state index is 12.6. The molecule has 0 unspecified atom stereocenters. The lowest BCUT2D eigenvalue weighted by Crippen LogP contribution is -2.45. The van der Waals surface area contributed by atoms with Gasteiger partial charge in [0.15, 0.2) is 0 Å². The van der Waals surface area contributed by atoms with Crippen molar-refractivity contribution in [2.75, 3.05) is 32.8 Å². The van der Waals surface area contributed by atoms with Gasteiger partial charge in [0, 0.05) is 32.3 Å². The largest absolute Gasteiger partial charge is 0.378 e. The predicted molar refractivity (Wildman–Crippen MR) is 92.8 cm³/mol. The standard InChI is InChI=1S/C18H28N4O3/c1-14(2)3-4-17(23)21-12-15-5-6-19-22(15)16(13-21)11-18(24)20-7-9-25-10-8-20/h5-6,14,16H,3-4,7-13H2,1-2H3/t16-/m1/s1. The van der Waals surface area contributed by atoms with Crippen LogP contribution in [0.2, 0.25) is 0 Å². The third-order valence-electron chi connectivity index (χ3n) is 4.94. The lowest BCUT2D eigenvalue weighted by atomic mass is 10.1. The van der Waals surface area contributed by atoms with Gasteiger partial charge < -0.3 is 14.5 Å². The van der Waals surface area contributed by atoms with Crippen molar-refractivity contribution in [1.82, 2.24) is 19.6 Å². The van der Waals surface area contributed by atoms with Gasteiger partial charge in [-0.05, 0) is 18.4 Å². The highest BCUT2D eigenvalue weighted by atomic mass is 16.5. The van der Waals surface area contributed by atoms with Crippen molar-refractivity contribution in [2.24, 2.45) is 5.92 Å². The smallest absolute Gasteiger partial charge is 0.224 e. The first-order valence-corrected chi connectivity index (χ1v) is 9.20. The summed E-state index contributed by atoms with van der Waals surface area (Å²) in [5.41, 5.74) is 1.00. The minimum atomic E-state index is -0.0860. The average Bonchev–Trinajstić information content (AvgIpc) is 3.09. The van der Waals surface area contributed by atoms with Gasteiger partial charge in [0.2, 0.25) is 11.8 Å². The van der Waals surface area contributed by atoms with E-state index in [1.807, 2.05) is 20.5 Å². The minimum Gasteiger partial charge on any atom is -0.378 e. The summed E-state index contributed by atoms with van der Waals surface area (Å²) in [5.74, 6) is 0.800. The molecule has 7 heteroatoms. The summed E-state index contributed by atoms with van der Waals surface area (Å²) in [7, 11) is 0. The molecular weight excluding hydrogens is 320 g/mol. The second-order valence-corrected chi connectivity index (χ2v) is 7.33. The summed E-state index contributed by atoms with van der Waals surface area (Å²) in [4.78, 5) is 28.9. The van der Waals surface area contributed by atoms with E-state index in [9.17, 15) is 9.59 Å². The molecule has 1 aromatic rings. The van der Waals surface area contributed by atoms with E-state index >= 15 is 0 Å². The van der Waals surface area contributed by atoms with Crippen LogP contribution in [0.3, 0.4) is 0 Å². The van der Waals surface area contributed by atoms with Crippen LogP contribution in [0.25, 0.3) is 0 Å². The van der Waals surface area contributed by atoms with Crippen LogP contribution in [0.1, 0.15) is 44.8 Å². The Hall–Kier alpha value is -1.89. The number of ether oxygens (including phenoxy) is 1. The number of morpholine rings is 1. The van der Waals surface area contributed by atoms with Gasteiger partial charge in [-0.15, -0.1) is 0 Å². The van der Waals surface area contributed by atoms with Crippen LogP contribution in [0.4, 0.5) is 0 Å². The van der Waals surface area contributed by atoms with E-state index in [1.54, 1.807) is 6.20 Å². The first-order valence-electron chi connectivity index (χ1n) is 9.20. The molecule has 3 rings (SSSR count). The van der Waals surface area contributed by atoms with Crippen LogP contribution in [0, 0.1) is 5.92 Å². The maximum Gasteiger partial charge on any atom is 0.224 e. The number of carbonyl (C=O) groups excluding carboxylic acids is 2. The van der Waals surface area contributed by atoms with Gasteiger partial charge in [0.25, 0.3) is 0 Å². The van der Waals surface area contributed by atoms with E-state index in [1.165, 1.54) is 0 Å². The second-order valence-electron chi connectivity index (χ2n) is 7.33. The van der Waals surface area contributed by atoms with Gasteiger partial charge in [-0.3, -0.25) is 14.3 Å². The molecule has 2 aliphatic rings. The van der Waals surface area contributed by atoms with Gasteiger partial charge in [0.05, 0.1) is 37.9 Å². The molecule has 3 heterocycles. The molecule has 0 aromatic carbocycles. The Morgan fingerprint density at radius 3 is 2.72 bits per heavy atom. The molecule has 0 radical (unpaired) electrons. The molecule has 0 bridgehead atoms. The zero-order valence-electron chi connectivity index (χ0n) is 15.2. The third-order valence-corrected chi connectivity index (χ3v) is 4.94. The van der Waals surface area contributed by atoms with E-state index in [2.05, 4.69) is 18.9 Å². The first-order chi connectivity index (χ1) is 12.0. The Bertz CT molecular complexity index is 607. The predicted octanol–water partition coefficient (Wildman–Crippen LogP) is 1.45. The van der Waals surface area contributed by atoms with Crippen LogP contribution < -0.4 is 0 Å². The first kappa shape index (κ1) is 17.9. The molecule has 0 saturated carbocycles. The summed E-state index contributed by atoms with van der Waals surface area (Å²) in [6.07, 6.45) is 3.59. The Kier molecular flexibility index (Phi) is 5.73. The summed E-state index contributed by atoms with van der Waals surface area (Å²) >= 11 is 0. The molecule has 1 saturated heterocycles. The Morgan fingerprint density at radius 1 is 1.24 bits per heavy atom. The summed E-state index contributed by atoms with van der Waals surface area (Å²) < 4.78 is 7.24. The van der Waals surface area contributed by atoms with Crippen molar-refractivity contribution >= 4 is 11.8 Å². The lowest BCUT2D eigenvalue weighted by Gasteiger charge is -2.35. The van der Waals surface area contributed by atoms with Crippen molar-refractivity contribution in [2.45, 2.75) is 45.7 Å². The monoisotopic (exact) mass is 348 g/mol. The maximum atomic E-state index is 12.6. The number of carbonyl (C=O) groups is 2. The lowest BCUT2D eigenvalue weighted by molar-refractivity contribution is -0.139. The second kappa shape index (κ2) is 7.99.